The fourth-order valence-corrected chi connectivity index (χ4v) is 2.24. The topological polar surface area (TPSA) is 37.8 Å². The molecular weight excluding hydrogens is 282 g/mol. The molecule has 0 unspecified atom stereocenters. The maximum Gasteiger partial charge on any atom is 0.224 e. The van der Waals surface area contributed by atoms with E-state index in [1.807, 2.05) is 54.6 Å². The monoisotopic (exact) mass is 295 g/mol. The normalized spacial score (nSPS) is 10.3. The molecule has 0 amide bonds. The van der Waals surface area contributed by atoms with E-state index in [0.717, 1.165) is 17.1 Å². The van der Waals surface area contributed by atoms with Crippen LogP contribution < -0.4 is 5.32 Å². The SMILES string of the molecule is Clc1nc(NCc2ccccc2)cc(-c2ccccc2)n1. The van der Waals surface area contributed by atoms with Gasteiger partial charge in [0.1, 0.15) is 5.82 Å². The van der Waals surface area contributed by atoms with Crippen LogP contribution in [-0.4, -0.2) is 9.97 Å². The number of hydrogen-bond donors (Lipinski definition) is 1. The minimum absolute atomic E-state index is 0.243. The maximum atomic E-state index is 6.02. The largest absolute Gasteiger partial charge is 0.366 e. The molecule has 1 N–H and O–H groups in total. The predicted molar refractivity (Wildman–Crippen MR) is 86.2 cm³/mol. The third-order valence-electron chi connectivity index (χ3n) is 3.08. The number of anilines is 1. The van der Waals surface area contributed by atoms with Gasteiger partial charge in [-0.25, -0.2) is 9.97 Å². The van der Waals surface area contributed by atoms with E-state index in [4.69, 9.17) is 11.6 Å². The summed E-state index contributed by atoms with van der Waals surface area (Å²) in [7, 11) is 0. The lowest BCUT2D eigenvalue weighted by atomic mass is 10.1. The number of rotatable bonds is 4. The van der Waals surface area contributed by atoms with Crippen LogP contribution in [0.3, 0.4) is 0 Å². The second-order valence-electron chi connectivity index (χ2n) is 4.61. The van der Waals surface area contributed by atoms with Crippen LogP contribution in [0.5, 0.6) is 0 Å². The van der Waals surface area contributed by atoms with Crippen molar-refractivity contribution in [1.82, 2.24) is 9.97 Å². The Bertz CT molecular complexity index is 715. The van der Waals surface area contributed by atoms with Gasteiger partial charge in [0.25, 0.3) is 0 Å². The Morgan fingerprint density at radius 1 is 0.857 bits per heavy atom. The number of aromatic nitrogens is 2. The van der Waals surface area contributed by atoms with Gasteiger partial charge in [-0.3, -0.25) is 0 Å². The van der Waals surface area contributed by atoms with Crippen molar-refractivity contribution in [3.05, 3.63) is 77.6 Å². The van der Waals surface area contributed by atoms with Gasteiger partial charge in [-0.15, -0.1) is 0 Å². The Hall–Kier alpha value is -2.39. The van der Waals surface area contributed by atoms with E-state index in [2.05, 4.69) is 27.4 Å². The summed E-state index contributed by atoms with van der Waals surface area (Å²) in [6.07, 6.45) is 0. The lowest BCUT2D eigenvalue weighted by Gasteiger charge is -2.08. The fourth-order valence-electron chi connectivity index (χ4n) is 2.05. The minimum Gasteiger partial charge on any atom is -0.366 e. The van der Waals surface area contributed by atoms with Crippen molar-refractivity contribution in [3.63, 3.8) is 0 Å². The molecule has 4 heteroatoms. The van der Waals surface area contributed by atoms with E-state index >= 15 is 0 Å². The molecule has 0 fully saturated rings. The second kappa shape index (κ2) is 6.37. The molecule has 0 aliphatic rings. The minimum atomic E-state index is 0.243. The van der Waals surface area contributed by atoms with Gasteiger partial charge < -0.3 is 5.32 Å². The highest BCUT2D eigenvalue weighted by molar-refractivity contribution is 6.28. The molecule has 3 aromatic rings. The van der Waals surface area contributed by atoms with Gasteiger partial charge in [-0.2, -0.15) is 0 Å². The average Bonchev–Trinajstić information content (AvgIpc) is 2.54. The molecular formula is C17H14ClN3. The van der Waals surface area contributed by atoms with Gasteiger partial charge in [-0.05, 0) is 17.2 Å². The molecule has 0 saturated heterocycles. The summed E-state index contributed by atoms with van der Waals surface area (Å²) in [6, 6.07) is 22.0. The van der Waals surface area contributed by atoms with Crippen molar-refractivity contribution in [2.45, 2.75) is 6.54 Å². The molecule has 0 spiro atoms. The van der Waals surface area contributed by atoms with Crippen molar-refractivity contribution in [3.8, 4) is 11.3 Å². The summed E-state index contributed by atoms with van der Waals surface area (Å²) in [6.45, 7) is 0.697. The van der Waals surface area contributed by atoms with E-state index in [1.165, 1.54) is 5.56 Å². The summed E-state index contributed by atoms with van der Waals surface area (Å²) in [5.74, 6) is 0.720. The Kier molecular flexibility index (Phi) is 4.12. The Morgan fingerprint density at radius 3 is 2.24 bits per heavy atom. The summed E-state index contributed by atoms with van der Waals surface area (Å²) >= 11 is 6.02. The van der Waals surface area contributed by atoms with Crippen molar-refractivity contribution in [2.24, 2.45) is 0 Å². The van der Waals surface area contributed by atoms with Gasteiger partial charge in [0, 0.05) is 18.2 Å². The first kappa shape index (κ1) is 13.6. The third-order valence-corrected chi connectivity index (χ3v) is 3.25. The molecule has 2 aromatic carbocycles. The Morgan fingerprint density at radius 2 is 1.52 bits per heavy atom. The van der Waals surface area contributed by atoms with Crippen LogP contribution in [0.1, 0.15) is 5.56 Å². The molecule has 1 aromatic heterocycles. The van der Waals surface area contributed by atoms with Crippen LogP contribution in [0.4, 0.5) is 5.82 Å². The Balaban J connectivity index is 1.82. The molecule has 0 radical (unpaired) electrons. The third kappa shape index (κ3) is 3.58. The standard InChI is InChI=1S/C17H14ClN3/c18-17-20-15(14-9-5-2-6-10-14)11-16(21-17)19-12-13-7-3-1-4-8-13/h1-11H,12H2,(H,19,20,21). The first-order valence-corrected chi connectivity index (χ1v) is 7.07. The summed E-state index contributed by atoms with van der Waals surface area (Å²) in [5.41, 5.74) is 3.02. The first-order chi connectivity index (χ1) is 10.3. The summed E-state index contributed by atoms with van der Waals surface area (Å²) in [4.78, 5) is 8.49. The number of nitrogens with one attached hydrogen (secondary N) is 1. The van der Waals surface area contributed by atoms with Crippen LogP contribution >= 0.6 is 11.6 Å². The van der Waals surface area contributed by atoms with E-state index in [-0.39, 0.29) is 5.28 Å². The smallest absolute Gasteiger partial charge is 0.224 e. The molecule has 0 bridgehead atoms. The van der Waals surface area contributed by atoms with Gasteiger partial charge in [0.2, 0.25) is 5.28 Å². The highest BCUT2D eigenvalue weighted by Crippen LogP contribution is 2.21. The first-order valence-electron chi connectivity index (χ1n) is 6.69. The molecule has 21 heavy (non-hydrogen) atoms. The van der Waals surface area contributed by atoms with Crippen molar-refractivity contribution in [1.29, 1.82) is 0 Å². The zero-order valence-electron chi connectivity index (χ0n) is 11.3. The van der Waals surface area contributed by atoms with Gasteiger partial charge in [-0.1, -0.05) is 60.7 Å². The quantitative estimate of drug-likeness (QED) is 0.725. The predicted octanol–water partition coefficient (Wildman–Crippen LogP) is 4.41. The van der Waals surface area contributed by atoms with Crippen LogP contribution in [-0.2, 0) is 6.54 Å². The molecule has 0 aliphatic carbocycles. The van der Waals surface area contributed by atoms with Crippen LogP contribution in [0.25, 0.3) is 11.3 Å². The molecule has 1 heterocycles. The van der Waals surface area contributed by atoms with Crippen molar-refractivity contribution in [2.75, 3.05) is 5.32 Å². The lowest BCUT2D eigenvalue weighted by Crippen LogP contribution is -2.02. The molecule has 104 valence electrons. The van der Waals surface area contributed by atoms with Gasteiger partial charge in [0.05, 0.1) is 5.69 Å². The number of hydrogen-bond acceptors (Lipinski definition) is 3. The highest BCUT2D eigenvalue weighted by Gasteiger charge is 2.05. The Labute approximate surface area is 128 Å². The van der Waals surface area contributed by atoms with E-state index in [0.29, 0.717) is 6.54 Å². The van der Waals surface area contributed by atoms with Crippen molar-refractivity contribution >= 4 is 17.4 Å². The van der Waals surface area contributed by atoms with Crippen LogP contribution in [0.2, 0.25) is 5.28 Å². The van der Waals surface area contributed by atoms with Crippen molar-refractivity contribution < 1.29 is 0 Å². The van der Waals surface area contributed by atoms with Crippen LogP contribution in [0.15, 0.2) is 66.7 Å². The highest BCUT2D eigenvalue weighted by atomic mass is 35.5. The van der Waals surface area contributed by atoms with E-state index in [1.54, 1.807) is 0 Å². The van der Waals surface area contributed by atoms with Crippen LogP contribution in [0, 0.1) is 0 Å². The molecule has 0 saturated carbocycles. The number of benzene rings is 2. The zero-order valence-corrected chi connectivity index (χ0v) is 12.1. The summed E-state index contributed by atoms with van der Waals surface area (Å²) < 4.78 is 0. The number of halogens is 1. The molecule has 0 atom stereocenters. The van der Waals surface area contributed by atoms with Gasteiger partial charge in [0.15, 0.2) is 0 Å². The average molecular weight is 296 g/mol. The maximum absolute atomic E-state index is 6.02. The second-order valence-corrected chi connectivity index (χ2v) is 4.95. The summed E-state index contributed by atoms with van der Waals surface area (Å²) in [5, 5.41) is 3.52. The number of nitrogens with zero attached hydrogens (tertiary/aromatic N) is 2. The van der Waals surface area contributed by atoms with E-state index in [9.17, 15) is 0 Å². The van der Waals surface area contributed by atoms with Gasteiger partial charge >= 0.3 is 0 Å². The molecule has 0 aliphatic heterocycles. The molecule has 3 rings (SSSR count). The molecule has 3 nitrogen and oxygen atoms in total. The zero-order chi connectivity index (χ0) is 14.5. The fraction of sp³-hybridized carbons (Fsp3) is 0.0588. The lowest BCUT2D eigenvalue weighted by molar-refractivity contribution is 1.08. The van der Waals surface area contributed by atoms with E-state index < -0.39 is 0 Å².